The first-order valence-electron chi connectivity index (χ1n) is 7.14. The first-order chi connectivity index (χ1) is 9.38. The monoisotopic (exact) mass is 276 g/mol. The molecule has 3 heteroatoms. The summed E-state index contributed by atoms with van der Waals surface area (Å²) in [5, 5.41) is 0. The Morgan fingerprint density at radius 3 is 2.30 bits per heavy atom. The van der Waals surface area contributed by atoms with Crippen molar-refractivity contribution in [2.75, 3.05) is 6.61 Å². The van der Waals surface area contributed by atoms with Gasteiger partial charge in [-0.05, 0) is 62.4 Å². The lowest BCUT2D eigenvalue weighted by atomic mass is 9.92. The fourth-order valence-electron chi connectivity index (χ4n) is 2.11. The fraction of sp³-hybridized carbons (Fsp3) is 0.529. The van der Waals surface area contributed by atoms with E-state index in [2.05, 4.69) is 0 Å². The number of Topliss-reactive ketones (excluding diaryl/α,β-unsaturated/α-hetero) is 1. The van der Waals surface area contributed by atoms with Gasteiger partial charge in [0.2, 0.25) is 0 Å². The fourth-order valence-corrected chi connectivity index (χ4v) is 2.11. The van der Waals surface area contributed by atoms with E-state index in [-0.39, 0.29) is 12.2 Å². The lowest BCUT2D eigenvalue weighted by Crippen LogP contribution is -2.14. The van der Waals surface area contributed by atoms with Gasteiger partial charge in [-0.1, -0.05) is 13.3 Å². The Morgan fingerprint density at radius 1 is 1.05 bits per heavy atom. The number of esters is 1. The van der Waals surface area contributed by atoms with Gasteiger partial charge in [-0.15, -0.1) is 0 Å². The predicted molar refractivity (Wildman–Crippen MR) is 80.2 cm³/mol. The van der Waals surface area contributed by atoms with E-state index in [0.717, 1.165) is 29.5 Å². The van der Waals surface area contributed by atoms with Crippen LogP contribution in [0.3, 0.4) is 0 Å². The van der Waals surface area contributed by atoms with Gasteiger partial charge < -0.3 is 4.74 Å². The minimum Gasteiger partial charge on any atom is -0.465 e. The molecule has 0 spiro atoms. The Morgan fingerprint density at radius 2 is 1.70 bits per heavy atom. The molecular weight excluding hydrogens is 252 g/mol. The van der Waals surface area contributed by atoms with Crippen molar-refractivity contribution in [3.05, 3.63) is 33.9 Å². The molecule has 0 N–H and O–H groups in total. The van der Waals surface area contributed by atoms with Gasteiger partial charge >= 0.3 is 5.97 Å². The number of ketones is 1. The summed E-state index contributed by atoms with van der Waals surface area (Å²) in [7, 11) is 0. The minimum atomic E-state index is -0.432. The molecule has 0 unspecified atom stereocenters. The van der Waals surface area contributed by atoms with Gasteiger partial charge in [0.05, 0.1) is 6.61 Å². The van der Waals surface area contributed by atoms with E-state index in [0.29, 0.717) is 12.2 Å². The molecule has 0 fully saturated rings. The van der Waals surface area contributed by atoms with Crippen molar-refractivity contribution in [1.82, 2.24) is 0 Å². The van der Waals surface area contributed by atoms with Crippen molar-refractivity contribution in [3.8, 4) is 0 Å². The lowest BCUT2D eigenvalue weighted by molar-refractivity contribution is -0.142. The standard InChI is InChI=1S/C17H24O3/c1-6-7-8-20-17(19)10-16(18)15-9-11(2)12(3)13(4)14(15)5/h9H,6-8,10H2,1-5H3. The number of hydrogen-bond donors (Lipinski definition) is 0. The summed E-state index contributed by atoms with van der Waals surface area (Å²) in [6.45, 7) is 10.4. The molecule has 110 valence electrons. The van der Waals surface area contributed by atoms with Crippen molar-refractivity contribution in [2.45, 2.75) is 53.9 Å². The topological polar surface area (TPSA) is 43.4 Å². The van der Waals surface area contributed by atoms with Crippen LogP contribution in [0.1, 0.15) is 58.8 Å². The molecule has 0 saturated heterocycles. The molecule has 3 nitrogen and oxygen atoms in total. The molecule has 0 amide bonds. The zero-order valence-corrected chi connectivity index (χ0v) is 13.1. The second-order valence-corrected chi connectivity index (χ2v) is 5.29. The van der Waals surface area contributed by atoms with Crippen LogP contribution < -0.4 is 0 Å². The van der Waals surface area contributed by atoms with Crippen LogP contribution in [0, 0.1) is 27.7 Å². The maximum absolute atomic E-state index is 12.2. The summed E-state index contributed by atoms with van der Waals surface area (Å²) >= 11 is 0. The molecule has 0 aromatic heterocycles. The van der Waals surface area contributed by atoms with Gasteiger partial charge in [0.25, 0.3) is 0 Å². The smallest absolute Gasteiger partial charge is 0.313 e. The molecule has 1 aromatic rings. The summed E-state index contributed by atoms with van der Waals surface area (Å²) in [5.74, 6) is -0.589. The highest BCUT2D eigenvalue weighted by molar-refractivity contribution is 6.07. The quantitative estimate of drug-likeness (QED) is 0.343. The molecule has 0 aliphatic rings. The third-order valence-electron chi connectivity index (χ3n) is 3.85. The van der Waals surface area contributed by atoms with E-state index in [4.69, 9.17) is 4.74 Å². The van der Waals surface area contributed by atoms with Crippen molar-refractivity contribution in [3.63, 3.8) is 0 Å². The molecule has 0 atom stereocenters. The van der Waals surface area contributed by atoms with Gasteiger partial charge in [0.15, 0.2) is 5.78 Å². The number of rotatable bonds is 6. The summed E-state index contributed by atoms with van der Waals surface area (Å²) in [6, 6.07) is 1.87. The number of benzene rings is 1. The highest BCUT2D eigenvalue weighted by atomic mass is 16.5. The summed E-state index contributed by atoms with van der Waals surface area (Å²) in [6.07, 6.45) is 1.63. The van der Waals surface area contributed by atoms with Gasteiger partial charge in [0, 0.05) is 5.56 Å². The summed E-state index contributed by atoms with van der Waals surface area (Å²) in [4.78, 5) is 23.8. The normalized spacial score (nSPS) is 10.4. The molecule has 0 radical (unpaired) electrons. The van der Waals surface area contributed by atoms with E-state index in [1.807, 2.05) is 40.7 Å². The van der Waals surface area contributed by atoms with Crippen LogP contribution in [-0.4, -0.2) is 18.4 Å². The number of aryl methyl sites for hydroxylation is 1. The van der Waals surface area contributed by atoms with Crippen LogP contribution in [0.2, 0.25) is 0 Å². The van der Waals surface area contributed by atoms with E-state index in [1.165, 1.54) is 5.56 Å². The second-order valence-electron chi connectivity index (χ2n) is 5.29. The first kappa shape index (κ1) is 16.4. The highest BCUT2D eigenvalue weighted by Crippen LogP contribution is 2.22. The summed E-state index contributed by atoms with van der Waals surface area (Å²) in [5.41, 5.74) is 4.99. The van der Waals surface area contributed by atoms with Crippen molar-refractivity contribution >= 4 is 11.8 Å². The largest absolute Gasteiger partial charge is 0.465 e. The highest BCUT2D eigenvalue weighted by Gasteiger charge is 2.17. The van der Waals surface area contributed by atoms with Crippen LogP contribution in [0.15, 0.2) is 6.07 Å². The molecule has 1 rings (SSSR count). The van der Waals surface area contributed by atoms with Crippen LogP contribution in [0.4, 0.5) is 0 Å². The Kier molecular flexibility index (Phi) is 5.93. The maximum Gasteiger partial charge on any atom is 0.313 e. The van der Waals surface area contributed by atoms with Gasteiger partial charge in [-0.3, -0.25) is 9.59 Å². The van der Waals surface area contributed by atoms with Gasteiger partial charge in [-0.25, -0.2) is 0 Å². The average molecular weight is 276 g/mol. The molecule has 20 heavy (non-hydrogen) atoms. The second kappa shape index (κ2) is 7.22. The molecule has 0 aliphatic carbocycles. The molecule has 0 aliphatic heterocycles. The van der Waals surface area contributed by atoms with Gasteiger partial charge in [-0.2, -0.15) is 0 Å². The Hall–Kier alpha value is -1.64. The van der Waals surface area contributed by atoms with Gasteiger partial charge in [0.1, 0.15) is 6.42 Å². The number of hydrogen-bond acceptors (Lipinski definition) is 3. The zero-order chi connectivity index (χ0) is 15.3. The third-order valence-corrected chi connectivity index (χ3v) is 3.85. The molecule has 0 heterocycles. The van der Waals surface area contributed by atoms with Crippen molar-refractivity contribution in [1.29, 1.82) is 0 Å². The number of carbonyl (C=O) groups is 2. The summed E-state index contributed by atoms with van der Waals surface area (Å²) < 4.78 is 5.04. The van der Waals surface area contributed by atoms with Crippen molar-refractivity contribution in [2.24, 2.45) is 0 Å². The Labute approximate surface area is 121 Å². The number of carbonyl (C=O) groups excluding carboxylic acids is 2. The average Bonchev–Trinajstić information content (AvgIpc) is 2.40. The first-order valence-corrected chi connectivity index (χ1v) is 7.14. The van der Waals surface area contributed by atoms with Crippen LogP contribution in [0.25, 0.3) is 0 Å². The minimum absolute atomic E-state index is 0.157. The molecule has 0 bridgehead atoms. The molecule has 1 aromatic carbocycles. The van der Waals surface area contributed by atoms with E-state index < -0.39 is 5.97 Å². The van der Waals surface area contributed by atoms with Crippen LogP contribution in [0.5, 0.6) is 0 Å². The van der Waals surface area contributed by atoms with Crippen molar-refractivity contribution < 1.29 is 14.3 Å². The van der Waals surface area contributed by atoms with Crippen LogP contribution in [-0.2, 0) is 9.53 Å². The predicted octanol–water partition coefficient (Wildman–Crippen LogP) is 3.84. The SMILES string of the molecule is CCCCOC(=O)CC(=O)c1cc(C)c(C)c(C)c1C. The zero-order valence-electron chi connectivity index (χ0n) is 13.1. The maximum atomic E-state index is 12.2. The molecule has 0 saturated carbocycles. The van der Waals surface area contributed by atoms with Crippen LogP contribution >= 0.6 is 0 Å². The lowest BCUT2D eigenvalue weighted by Gasteiger charge is -2.13. The molecular formula is C17H24O3. The van der Waals surface area contributed by atoms with E-state index >= 15 is 0 Å². The third kappa shape index (κ3) is 3.92. The Balaban J connectivity index is 2.81. The van der Waals surface area contributed by atoms with E-state index in [9.17, 15) is 9.59 Å². The number of ether oxygens (including phenoxy) is 1. The van der Waals surface area contributed by atoms with E-state index in [1.54, 1.807) is 0 Å². The Bertz CT molecular complexity index is 515. The number of unbranched alkanes of at least 4 members (excludes halogenated alkanes) is 1.